The van der Waals surface area contributed by atoms with Crippen molar-refractivity contribution in [3.63, 3.8) is 0 Å². The third-order valence-corrected chi connectivity index (χ3v) is 4.93. The van der Waals surface area contributed by atoms with Crippen molar-refractivity contribution in [2.24, 2.45) is 10.7 Å². The maximum Gasteiger partial charge on any atom is 0.274 e. The lowest BCUT2D eigenvalue weighted by Crippen LogP contribution is -2.36. The average Bonchev–Trinajstić information content (AvgIpc) is 3.37. The highest BCUT2D eigenvalue weighted by atomic mass is 16.5. The smallest absolute Gasteiger partial charge is 0.274 e. The van der Waals surface area contributed by atoms with Crippen molar-refractivity contribution in [1.82, 2.24) is 20.2 Å². The number of aliphatic imine (C=N–C) groups is 1. The number of guanidine groups is 1. The van der Waals surface area contributed by atoms with Crippen LogP contribution < -0.4 is 15.8 Å². The van der Waals surface area contributed by atoms with Gasteiger partial charge in [-0.15, -0.1) is 0 Å². The Kier molecular flexibility index (Phi) is 5.44. The van der Waals surface area contributed by atoms with Gasteiger partial charge in [0.2, 0.25) is 0 Å². The van der Waals surface area contributed by atoms with E-state index in [9.17, 15) is 4.79 Å². The summed E-state index contributed by atoms with van der Waals surface area (Å²) >= 11 is 0. The molecule has 8 heteroatoms. The van der Waals surface area contributed by atoms with Crippen molar-refractivity contribution in [3.8, 4) is 11.5 Å². The van der Waals surface area contributed by atoms with E-state index in [1.807, 2.05) is 30.3 Å². The van der Waals surface area contributed by atoms with E-state index >= 15 is 0 Å². The van der Waals surface area contributed by atoms with Gasteiger partial charge in [0.1, 0.15) is 17.2 Å². The van der Waals surface area contributed by atoms with Gasteiger partial charge in [-0.25, -0.2) is 0 Å². The molecule has 8 nitrogen and oxygen atoms in total. The molecule has 0 atom stereocenters. The fourth-order valence-corrected chi connectivity index (χ4v) is 3.44. The number of nitrogens with one attached hydrogen (secondary N) is 2. The van der Waals surface area contributed by atoms with E-state index in [1.54, 1.807) is 12.3 Å². The summed E-state index contributed by atoms with van der Waals surface area (Å²) in [5.41, 5.74) is 7.76. The first-order chi connectivity index (χ1) is 14.1. The zero-order chi connectivity index (χ0) is 20.2. The summed E-state index contributed by atoms with van der Waals surface area (Å²) in [5.74, 6) is 1.15. The normalized spacial score (nSPS) is 15.0. The summed E-state index contributed by atoms with van der Waals surface area (Å²) in [6.07, 6.45) is 4.28. The van der Waals surface area contributed by atoms with E-state index < -0.39 is 0 Å². The molecule has 0 unspecified atom stereocenters. The Labute approximate surface area is 168 Å². The number of ether oxygens (including phenoxy) is 1. The van der Waals surface area contributed by atoms with Crippen molar-refractivity contribution in [2.75, 3.05) is 20.1 Å². The molecular formula is C21H24N6O2. The Morgan fingerprint density at radius 3 is 2.83 bits per heavy atom. The molecule has 4 N–H and O–H groups in total. The summed E-state index contributed by atoms with van der Waals surface area (Å²) in [4.78, 5) is 25.9. The molecule has 1 aromatic carbocycles. The minimum Gasteiger partial charge on any atom is -0.457 e. The zero-order valence-electron chi connectivity index (χ0n) is 16.3. The second kappa shape index (κ2) is 8.32. The van der Waals surface area contributed by atoms with Crippen LogP contribution in [0.2, 0.25) is 0 Å². The lowest BCUT2D eigenvalue weighted by molar-refractivity contribution is 0.0972. The third kappa shape index (κ3) is 4.55. The number of amides is 1. The van der Waals surface area contributed by atoms with Crippen LogP contribution in [-0.4, -0.2) is 46.9 Å². The first-order valence-electron chi connectivity index (χ1n) is 9.62. The molecule has 1 aliphatic rings. The number of benzene rings is 1. The second-order valence-corrected chi connectivity index (χ2v) is 7.06. The highest BCUT2D eigenvalue weighted by Crippen LogP contribution is 2.26. The van der Waals surface area contributed by atoms with E-state index in [-0.39, 0.29) is 11.9 Å². The molecule has 4 rings (SSSR count). The number of nitrogens with two attached hydrogens (primary N) is 1. The van der Waals surface area contributed by atoms with Gasteiger partial charge in [0.15, 0.2) is 5.96 Å². The largest absolute Gasteiger partial charge is 0.457 e. The Bertz CT molecular complexity index is 1050. The van der Waals surface area contributed by atoms with Gasteiger partial charge >= 0.3 is 0 Å². The van der Waals surface area contributed by atoms with Crippen LogP contribution in [0, 0.1) is 0 Å². The summed E-state index contributed by atoms with van der Waals surface area (Å²) < 4.78 is 6.03. The molecule has 1 aliphatic heterocycles. The highest BCUT2D eigenvalue weighted by molar-refractivity contribution is 6.06. The molecule has 2 aromatic heterocycles. The van der Waals surface area contributed by atoms with E-state index in [4.69, 9.17) is 10.5 Å². The maximum absolute atomic E-state index is 12.2. The van der Waals surface area contributed by atoms with Gasteiger partial charge in [-0.1, -0.05) is 0 Å². The molecular weight excluding hydrogens is 368 g/mol. The Morgan fingerprint density at radius 1 is 1.24 bits per heavy atom. The fraction of sp³-hybridized carbons (Fsp3) is 0.286. The topological polar surface area (TPSA) is 109 Å². The molecule has 150 valence electrons. The fourth-order valence-electron chi connectivity index (χ4n) is 3.44. The molecule has 0 spiro atoms. The number of hydrogen-bond acceptors (Lipinski definition) is 5. The van der Waals surface area contributed by atoms with Crippen molar-refractivity contribution >= 4 is 22.8 Å². The number of hydrogen-bond donors (Lipinski definition) is 3. The van der Waals surface area contributed by atoms with Crippen LogP contribution >= 0.6 is 0 Å². The van der Waals surface area contributed by atoms with E-state index in [0.29, 0.717) is 11.4 Å². The number of carbonyl (C=O) groups is 1. The minimum absolute atomic E-state index is 0.0695. The quantitative estimate of drug-likeness (QED) is 0.457. The van der Waals surface area contributed by atoms with Crippen LogP contribution in [-0.2, 0) is 6.54 Å². The van der Waals surface area contributed by atoms with Gasteiger partial charge in [0, 0.05) is 42.8 Å². The molecule has 29 heavy (non-hydrogen) atoms. The minimum atomic E-state index is -0.340. The predicted molar refractivity (Wildman–Crippen MR) is 112 cm³/mol. The van der Waals surface area contributed by atoms with Crippen molar-refractivity contribution in [3.05, 3.63) is 54.0 Å². The molecule has 1 fully saturated rings. The Balaban J connectivity index is 1.49. The number of rotatable bonds is 5. The van der Waals surface area contributed by atoms with Gasteiger partial charge in [-0.2, -0.15) is 0 Å². The SMILES string of the molecule is CN=C(N)NC(=O)c1cc2ccc(Oc3ccnc(CN4CCCC4)c3)cc2[nH]1. The van der Waals surface area contributed by atoms with Gasteiger partial charge < -0.3 is 15.5 Å². The molecule has 0 aliphatic carbocycles. The lowest BCUT2D eigenvalue weighted by Gasteiger charge is -2.14. The van der Waals surface area contributed by atoms with Gasteiger partial charge in [0.05, 0.1) is 5.69 Å². The van der Waals surface area contributed by atoms with E-state index in [0.717, 1.165) is 42.0 Å². The van der Waals surface area contributed by atoms with E-state index in [2.05, 4.69) is 25.2 Å². The number of aromatic nitrogens is 2. The Morgan fingerprint density at radius 2 is 2.03 bits per heavy atom. The zero-order valence-corrected chi connectivity index (χ0v) is 16.3. The lowest BCUT2D eigenvalue weighted by atomic mass is 10.2. The van der Waals surface area contributed by atoms with Gasteiger partial charge in [0.25, 0.3) is 5.91 Å². The molecule has 3 heterocycles. The Hall–Kier alpha value is -3.39. The van der Waals surface area contributed by atoms with Crippen LogP contribution in [0.25, 0.3) is 10.9 Å². The third-order valence-electron chi connectivity index (χ3n) is 4.93. The van der Waals surface area contributed by atoms with Crippen LogP contribution in [0.4, 0.5) is 0 Å². The molecule has 1 amide bonds. The standard InChI is InChI=1S/C21H24N6O2/c1-23-21(22)26-20(28)19-10-14-4-5-16(12-18(14)25-19)29-17-6-7-24-15(11-17)13-27-8-2-3-9-27/h4-7,10-12,25H,2-3,8-9,13H2,1H3,(H3,22,23,26,28). The number of likely N-dealkylation sites (tertiary alicyclic amines) is 1. The number of pyridine rings is 1. The maximum atomic E-state index is 12.2. The molecule has 1 saturated heterocycles. The summed E-state index contributed by atoms with van der Waals surface area (Å²) in [6, 6.07) is 11.2. The molecule has 0 saturated carbocycles. The summed E-state index contributed by atoms with van der Waals surface area (Å²) in [5, 5.41) is 3.41. The number of fused-ring (bicyclic) bond motifs is 1. The highest BCUT2D eigenvalue weighted by Gasteiger charge is 2.13. The van der Waals surface area contributed by atoms with Crippen LogP contribution in [0.5, 0.6) is 11.5 Å². The number of aromatic amines is 1. The second-order valence-electron chi connectivity index (χ2n) is 7.06. The monoisotopic (exact) mass is 392 g/mol. The van der Waals surface area contributed by atoms with Crippen molar-refractivity contribution in [1.29, 1.82) is 0 Å². The van der Waals surface area contributed by atoms with Crippen LogP contribution in [0.1, 0.15) is 29.0 Å². The number of carbonyl (C=O) groups excluding carboxylic acids is 1. The number of H-pyrrole nitrogens is 1. The summed E-state index contributed by atoms with van der Waals surface area (Å²) in [6.45, 7) is 3.10. The molecule has 0 bridgehead atoms. The van der Waals surface area contributed by atoms with Gasteiger partial charge in [-0.3, -0.25) is 25.0 Å². The van der Waals surface area contributed by atoms with Crippen LogP contribution in [0.15, 0.2) is 47.6 Å². The summed E-state index contributed by atoms with van der Waals surface area (Å²) in [7, 11) is 1.51. The molecule has 3 aromatic rings. The molecule has 0 radical (unpaired) electrons. The van der Waals surface area contributed by atoms with Crippen LogP contribution in [0.3, 0.4) is 0 Å². The first-order valence-corrected chi connectivity index (χ1v) is 9.62. The van der Waals surface area contributed by atoms with Crippen molar-refractivity contribution < 1.29 is 9.53 Å². The van der Waals surface area contributed by atoms with Crippen molar-refractivity contribution in [2.45, 2.75) is 19.4 Å². The number of nitrogens with zero attached hydrogens (tertiary/aromatic N) is 3. The average molecular weight is 392 g/mol. The first kappa shape index (κ1) is 18.9. The van der Waals surface area contributed by atoms with Gasteiger partial charge in [-0.05, 0) is 50.2 Å². The van der Waals surface area contributed by atoms with E-state index in [1.165, 1.54) is 19.9 Å². The predicted octanol–water partition coefficient (Wildman–Crippen LogP) is 2.63.